The molecule has 0 spiro atoms. The Morgan fingerprint density at radius 3 is 2.17 bits per heavy atom. The van der Waals surface area contributed by atoms with Gasteiger partial charge in [0.05, 0.1) is 11.0 Å². The van der Waals surface area contributed by atoms with E-state index in [0.29, 0.717) is 0 Å². The molecule has 0 aliphatic rings. The minimum absolute atomic E-state index is 0. The van der Waals surface area contributed by atoms with Crippen molar-refractivity contribution in [1.29, 1.82) is 0 Å². The van der Waals surface area contributed by atoms with Crippen molar-refractivity contribution in [3.05, 3.63) is 116 Å². The molecule has 146 valence electrons. The third-order valence-electron chi connectivity index (χ3n) is 4.17. The van der Waals surface area contributed by atoms with Gasteiger partial charge in [-0.25, -0.2) is 0 Å². The smallest absolute Gasteiger partial charge is 0.268 e. The van der Waals surface area contributed by atoms with Crippen molar-refractivity contribution in [3.8, 4) is 11.4 Å². The van der Waals surface area contributed by atoms with Crippen LogP contribution in [0.2, 0.25) is 0 Å². The number of fused-ring (bicyclic) bond motifs is 1. The van der Waals surface area contributed by atoms with Gasteiger partial charge >= 0.3 is 0 Å². The molecular weight excluding hydrogens is 557 g/mol. The minimum atomic E-state index is 0. The summed E-state index contributed by atoms with van der Waals surface area (Å²) in [6, 6.07) is 33.0. The fourth-order valence-corrected chi connectivity index (χ4v) is 3.13. The quantitative estimate of drug-likeness (QED) is 0.176. The molecule has 0 unspecified atom stereocenters. The molecule has 0 fully saturated rings. The summed E-state index contributed by atoms with van der Waals surface area (Å²) in [4.78, 5) is 4.59. The number of hydrogen-bond donors (Lipinski definition) is 0. The Labute approximate surface area is 190 Å². The van der Waals surface area contributed by atoms with Crippen molar-refractivity contribution in [2.45, 2.75) is 4.90 Å². The van der Waals surface area contributed by atoms with Gasteiger partial charge in [-0.05, 0) is 17.8 Å². The summed E-state index contributed by atoms with van der Waals surface area (Å²) in [5.74, 6) is 0. The molecule has 2 heterocycles. The summed E-state index contributed by atoms with van der Waals surface area (Å²) in [6.45, 7) is 0. The van der Waals surface area contributed by atoms with Crippen LogP contribution in [-0.2, 0) is 33.7 Å². The largest absolute Gasteiger partial charge is 0.784 e. The van der Waals surface area contributed by atoms with E-state index < -0.39 is 0 Å². The topological polar surface area (TPSA) is 21.7 Å². The van der Waals surface area contributed by atoms with Gasteiger partial charge in [-0.1, -0.05) is 54.6 Å². The Balaban J connectivity index is 0.000000297. The first-order chi connectivity index (χ1) is 13.8. The second-order valence-electron chi connectivity index (χ2n) is 6.00. The zero-order chi connectivity index (χ0) is 19.2. The number of para-hydroxylation sites is 4. The van der Waals surface area contributed by atoms with E-state index in [1.165, 1.54) is 0 Å². The molecule has 3 aromatic carbocycles. The van der Waals surface area contributed by atoms with Crippen molar-refractivity contribution >= 4 is 23.7 Å². The van der Waals surface area contributed by atoms with E-state index in [0.717, 1.165) is 27.3 Å². The average molecular weight is 575 g/mol. The van der Waals surface area contributed by atoms with Crippen molar-refractivity contribution < 1.29 is 25.6 Å². The van der Waals surface area contributed by atoms with Gasteiger partial charge in [-0.15, -0.1) is 0 Å². The number of benzene rings is 3. The summed E-state index contributed by atoms with van der Waals surface area (Å²) >= 11 is 5.47. The molecule has 5 aromatic rings. The van der Waals surface area contributed by atoms with Crippen molar-refractivity contribution in [3.63, 3.8) is 0 Å². The van der Waals surface area contributed by atoms with E-state index in [4.69, 9.17) is 12.6 Å². The Morgan fingerprint density at radius 2 is 1.52 bits per heavy atom. The van der Waals surface area contributed by atoms with Crippen LogP contribution in [0.15, 0.2) is 108 Å². The second-order valence-corrected chi connectivity index (χ2v) is 6.44. The molecule has 3 nitrogen and oxygen atoms in total. The number of rotatable bonds is 2. The Morgan fingerprint density at radius 1 is 0.793 bits per heavy atom. The number of aromatic nitrogens is 3. The molecule has 0 saturated heterocycles. The van der Waals surface area contributed by atoms with Gasteiger partial charge in [0.1, 0.15) is 0 Å². The maximum absolute atomic E-state index is 5.47. The van der Waals surface area contributed by atoms with E-state index in [-0.39, 0.29) is 21.1 Å². The molecule has 0 aliphatic carbocycles. The standard InChI is InChI=1S/C19H13N2S.C5H5N.Pt/c22-19-13-7-6-12-18(19)21-14-20(15-8-2-1-3-9-15)16-10-4-5-11-17(16)21;1-2-4-6-5-3-1;/h1-8,10-13,22H;1-5H;/q-1;;/p-1. The van der Waals surface area contributed by atoms with Crippen LogP contribution in [0.3, 0.4) is 0 Å². The minimum Gasteiger partial charge on any atom is -0.784 e. The van der Waals surface area contributed by atoms with Crippen LogP contribution >= 0.6 is 0 Å². The number of pyridine rings is 1. The van der Waals surface area contributed by atoms with Gasteiger partial charge < -0.3 is 17.2 Å². The van der Waals surface area contributed by atoms with Gasteiger partial charge in [0, 0.05) is 39.1 Å². The van der Waals surface area contributed by atoms with E-state index in [1.807, 2.05) is 88.0 Å². The molecule has 29 heavy (non-hydrogen) atoms. The molecule has 2 aromatic heterocycles. The Hall–Kier alpha value is -2.81. The summed E-state index contributed by atoms with van der Waals surface area (Å²) in [5, 5.41) is 0. The van der Waals surface area contributed by atoms with Gasteiger partial charge in [0.25, 0.3) is 6.33 Å². The first kappa shape index (κ1) is 20.9. The molecule has 0 aliphatic heterocycles. The molecule has 5 heteroatoms. The number of nitrogens with zero attached hydrogens (tertiary/aromatic N) is 3. The number of hydrogen-bond acceptors (Lipinski definition) is 2. The molecule has 0 N–H and O–H groups in total. The molecule has 0 amide bonds. The van der Waals surface area contributed by atoms with Gasteiger partial charge in [0.15, 0.2) is 0 Å². The predicted molar refractivity (Wildman–Crippen MR) is 112 cm³/mol. The molecule has 5 rings (SSSR count). The molecular formula is C24H17N3PtS-2. The monoisotopic (exact) mass is 574 g/mol. The summed E-state index contributed by atoms with van der Waals surface area (Å²) in [7, 11) is 0. The van der Waals surface area contributed by atoms with Crippen LogP contribution < -0.4 is 4.57 Å². The second kappa shape index (κ2) is 10.1. The fourth-order valence-electron chi connectivity index (χ4n) is 2.89. The summed E-state index contributed by atoms with van der Waals surface area (Å²) in [5.41, 5.74) is 4.06. The van der Waals surface area contributed by atoms with E-state index in [9.17, 15) is 0 Å². The maximum atomic E-state index is 5.47. The predicted octanol–water partition coefficient (Wildman–Crippen LogP) is 4.49. The van der Waals surface area contributed by atoms with Crippen LogP contribution in [0, 0.1) is 12.4 Å². The zero-order valence-electron chi connectivity index (χ0n) is 15.4. The Kier molecular flexibility index (Phi) is 7.29. The van der Waals surface area contributed by atoms with E-state index in [2.05, 4.69) is 29.5 Å². The van der Waals surface area contributed by atoms with Gasteiger partial charge in [-0.2, -0.15) is 35.2 Å². The number of imidazole rings is 1. The molecule has 0 saturated carbocycles. The van der Waals surface area contributed by atoms with Crippen LogP contribution in [0.1, 0.15) is 0 Å². The van der Waals surface area contributed by atoms with Crippen molar-refractivity contribution in [2.75, 3.05) is 0 Å². The first-order valence-electron chi connectivity index (χ1n) is 8.88. The van der Waals surface area contributed by atoms with Crippen molar-refractivity contribution in [1.82, 2.24) is 9.55 Å². The van der Waals surface area contributed by atoms with Crippen LogP contribution in [0.25, 0.3) is 22.4 Å². The molecule has 0 bridgehead atoms. The van der Waals surface area contributed by atoms with Gasteiger partial charge in [-0.3, -0.25) is 9.55 Å². The third-order valence-corrected chi connectivity index (χ3v) is 4.51. The SMILES string of the molecule is [Pt].[S-]c1ccccc1-[n+]1[c-]n(-c2[c-]cccc2)c2ccccc21.c1ccncc1. The van der Waals surface area contributed by atoms with E-state index >= 15 is 0 Å². The third kappa shape index (κ3) is 4.79. The molecule has 0 radical (unpaired) electrons. The zero-order valence-corrected chi connectivity index (χ0v) is 18.5. The Bertz CT molecular complexity index is 1150. The normalized spacial score (nSPS) is 9.93. The summed E-state index contributed by atoms with van der Waals surface area (Å²) < 4.78 is 4.02. The first-order valence-corrected chi connectivity index (χ1v) is 9.29. The maximum Gasteiger partial charge on any atom is 0.268 e. The summed E-state index contributed by atoms with van der Waals surface area (Å²) in [6.07, 6.45) is 6.90. The van der Waals surface area contributed by atoms with Crippen LogP contribution in [0.4, 0.5) is 0 Å². The van der Waals surface area contributed by atoms with Crippen LogP contribution in [0.5, 0.6) is 0 Å². The van der Waals surface area contributed by atoms with E-state index in [1.54, 1.807) is 12.4 Å². The van der Waals surface area contributed by atoms with Crippen LogP contribution in [-0.4, -0.2) is 9.55 Å². The fraction of sp³-hybridized carbons (Fsp3) is 0. The van der Waals surface area contributed by atoms with Gasteiger partial charge in [0.2, 0.25) is 0 Å². The van der Waals surface area contributed by atoms with Crippen molar-refractivity contribution in [2.24, 2.45) is 0 Å². The molecule has 0 atom stereocenters. The average Bonchev–Trinajstić information content (AvgIpc) is 3.16.